The van der Waals surface area contributed by atoms with Crippen LogP contribution in [0.25, 0.3) is 22.4 Å². The largest absolute Gasteiger partial charge is 0.497 e. The van der Waals surface area contributed by atoms with E-state index in [4.69, 9.17) is 9.47 Å². The van der Waals surface area contributed by atoms with E-state index in [0.29, 0.717) is 54.0 Å². The number of H-pyrrole nitrogens is 1. The van der Waals surface area contributed by atoms with Gasteiger partial charge in [0.05, 0.1) is 19.0 Å². The molecule has 2 N–H and O–H groups in total. The topological polar surface area (TPSA) is 115 Å². The standard InChI is InChI=1S/C28H29F3N2O6S/c1-38-20-9-5-18(6-10-20)23-17-24(32-26(34)25(23)27(35)33-40(36,37)22-13-14-22)19-7-11-21(12-8-19)39-16-4-2-3-15-28(29,30)31/h5-12,17,22H,2-4,13-16H2,1H3,(H,32,34)(H,33,35). The van der Waals surface area contributed by atoms with Crippen LogP contribution < -0.4 is 19.8 Å². The number of rotatable bonds is 12. The molecule has 0 unspecified atom stereocenters. The number of benzene rings is 2. The maximum absolute atomic E-state index is 13.2. The maximum atomic E-state index is 13.2. The Hall–Kier alpha value is -3.80. The highest BCUT2D eigenvalue weighted by Gasteiger charge is 2.37. The fourth-order valence-corrected chi connectivity index (χ4v) is 5.39. The molecule has 3 aromatic rings. The van der Waals surface area contributed by atoms with E-state index < -0.39 is 39.3 Å². The van der Waals surface area contributed by atoms with Gasteiger partial charge in [-0.2, -0.15) is 13.2 Å². The van der Waals surface area contributed by atoms with Crippen molar-refractivity contribution < 1.29 is 35.9 Å². The van der Waals surface area contributed by atoms with Crippen molar-refractivity contribution in [3.8, 4) is 33.9 Å². The normalized spacial score (nSPS) is 13.6. The van der Waals surface area contributed by atoms with Crippen molar-refractivity contribution in [1.29, 1.82) is 0 Å². The average molecular weight is 579 g/mol. The number of unbranched alkanes of at least 4 members (excludes halogenated alkanes) is 2. The van der Waals surface area contributed by atoms with E-state index in [1.807, 2.05) is 4.72 Å². The first-order chi connectivity index (χ1) is 19.0. The summed E-state index contributed by atoms with van der Waals surface area (Å²) in [6.07, 6.45) is -3.11. The molecular formula is C28H29F3N2O6S. The molecule has 1 saturated carbocycles. The molecular weight excluding hydrogens is 549 g/mol. The van der Waals surface area contributed by atoms with Gasteiger partial charge >= 0.3 is 6.18 Å². The minimum atomic E-state index is -4.15. The molecule has 0 spiro atoms. The van der Waals surface area contributed by atoms with Gasteiger partial charge in [0.1, 0.15) is 17.1 Å². The summed E-state index contributed by atoms with van der Waals surface area (Å²) in [6, 6.07) is 15.0. The van der Waals surface area contributed by atoms with Crippen LogP contribution in [0.1, 0.15) is 48.9 Å². The first kappa shape index (κ1) is 29.2. The minimum absolute atomic E-state index is 0.0518. The molecule has 0 radical (unpaired) electrons. The van der Waals surface area contributed by atoms with Crippen LogP contribution >= 0.6 is 0 Å². The Morgan fingerprint density at radius 3 is 2.20 bits per heavy atom. The molecule has 0 atom stereocenters. The number of hydrogen-bond acceptors (Lipinski definition) is 6. The lowest BCUT2D eigenvalue weighted by Gasteiger charge is -2.13. The van der Waals surface area contributed by atoms with E-state index >= 15 is 0 Å². The zero-order valence-corrected chi connectivity index (χ0v) is 22.5. The van der Waals surface area contributed by atoms with E-state index in [1.54, 1.807) is 54.6 Å². The van der Waals surface area contributed by atoms with Gasteiger partial charge in [-0.3, -0.25) is 9.59 Å². The van der Waals surface area contributed by atoms with Crippen LogP contribution in [0.3, 0.4) is 0 Å². The van der Waals surface area contributed by atoms with Crippen molar-refractivity contribution in [2.45, 2.75) is 50.0 Å². The second-order valence-corrected chi connectivity index (χ2v) is 11.5. The highest BCUT2D eigenvalue weighted by atomic mass is 32.2. The monoisotopic (exact) mass is 578 g/mol. The number of pyridine rings is 1. The fourth-order valence-electron chi connectivity index (χ4n) is 4.11. The number of hydrogen-bond donors (Lipinski definition) is 2. The van der Waals surface area contributed by atoms with Gasteiger partial charge in [0.15, 0.2) is 0 Å². The van der Waals surface area contributed by atoms with Gasteiger partial charge in [-0.1, -0.05) is 12.1 Å². The number of amides is 1. The number of carbonyl (C=O) groups is 1. The van der Waals surface area contributed by atoms with Crippen LogP contribution in [0, 0.1) is 0 Å². The molecule has 1 aliphatic rings. The van der Waals surface area contributed by atoms with E-state index in [-0.39, 0.29) is 24.2 Å². The van der Waals surface area contributed by atoms with Gasteiger partial charge < -0.3 is 14.5 Å². The summed E-state index contributed by atoms with van der Waals surface area (Å²) in [5.74, 6) is 0.0649. The number of carbonyl (C=O) groups excluding carboxylic acids is 1. The molecule has 0 bridgehead atoms. The van der Waals surface area contributed by atoms with Crippen molar-refractivity contribution >= 4 is 15.9 Å². The molecule has 0 saturated heterocycles. The number of sulfonamides is 1. The third kappa shape index (κ3) is 7.65. The number of nitrogens with one attached hydrogen (secondary N) is 2. The van der Waals surface area contributed by atoms with Gasteiger partial charge in [-0.15, -0.1) is 0 Å². The van der Waals surface area contributed by atoms with Crippen LogP contribution in [0.15, 0.2) is 59.4 Å². The van der Waals surface area contributed by atoms with E-state index in [2.05, 4.69) is 4.98 Å². The van der Waals surface area contributed by atoms with E-state index in [1.165, 1.54) is 7.11 Å². The van der Waals surface area contributed by atoms with Gasteiger partial charge in [0, 0.05) is 17.7 Å². The van der Waals surface area contributed by atoms with Crippen LogP contribution in [-0.4, -0.2) is 44.5 Å². The number of ether oxygens (including phenoxy) is 2. The molecule has 40 heavy (non-hydrogen) atoms. The quantitative estimate of drug-likeness (QED) is 0.277. The Labute approximate surface area is 229 Å². The molecule has 1 heterocycles. The van der Waals surface area contributed by atoms with E-state index in [9.17, 15) is 31.2 Å². The average Bonchev–Trinajstić information content (AvgIpc) is 3.76. The molecule has 1 aliphatic carbocycles. The highest BCUT2D eigenvalue weighted by molar-refractivity contribution is 7.91. The number of methoxy groups -OCH3 is 1. The Bertz CT molecular complexity index is 1500. The lowest BCUT2D eigenvalue weighted by molar-refractivity contribution is -0.135. The van der Waals surface area contributed by atoms with Crippen LogP contribution in [-0.2, 0) is 10.0 Å². The van der Waals surface area contributed by atoms with Crippen molar-refractivity contribution in [3.63, 3.8) is 0 Å². The molecule has 1 aromatic heterocycles. The first-order valence-corrected chi connectivity index (χ1v) is 14.3. The van der Waals surface area contributed by atoms with Crippen molar-refractivity contribution in [2.24, 2.45) is 0 Å². The summed E-state index contributed by atoms with van der Waals surface area (Å²) in [6.45, 7) is 0.267. The second kappa shape index (κ2) is 12.2. The third-order valence-corrected chi connectivity index (χ3v) is 8.22. The predicted octanol–water partition coefficient (Wildman–Crippen LogP) is 5.44. The third-order valence-electron chi connectivity index (χ3n) is 6.40. The summed E-state index contributed by atoms with van der Waals surface area (Å²) in [5, 5.41) is -0.639. The highest BCUT2D eigenvalue weighted by Crippen LogP contribution is 2.31. The zero-order chi connectivity index (χ0) is 28.9. The Morgan fingerprint density at radius 2 is 1.60 bits per heavy atom. The summed E-state index contributed by atoms with van der Waals surface area (Å²) in [5.41, 5.74) is 0.643. The SMILES string of the molecule is COc1ccc(-c2cc(-c3ccc(OCCCCCC(F)(F)F)cc3)[nH]c(=O)c2C(=O)NS(=O)(=O)C2CC2)cc1. The number of aromatic amines is 1. The number of aromatic nitrogens is 1. The summed E-state index contributed by atoms with van der Waals surface area (Å²) >= 11 is 0. The molecule has 1 amide bonds. The van der Waals surface area contributed by atoms with Crippen LogP contribution in [0.4, 0.5) is 13.2 Å². The van der Waals surface area contributed by atoms with Gasteiger partial charge in [0.25, 0.3) is 11.5 Å². The summed E-state index contributed by atoms with van der Waals surface area (Å²) in [7, 11) is -2.38. The van der Waals surface area contributed by atoms with E-state index in [0.717, 1.165) is 0 Å². The Balaban J connectivity index is 1.55. The second-order valence-electron chi connectivity index (χ2n) is 9.50. The molecule has 12 heteroatoms. The van der Waals surface area contributed by atoms with Crippen LogP contribution in [0.5, 0.6) is 11.5 Å². The van der Waals surface area contributed by atoms with Crippen molar-refractivity contribution in [2.75, 3.05) is 13.7 Å². The smallest absolute Gasteiger partial charge is 0.389 e. The lowest BCUT2D eigenvalue weighted by atomic mass is 9.98. The number of halogens is 3. The molecule has 4 rings (SSSR count). The lowest BCUT2D eigenvalue weighted by Crippen LogP contribution is -2.37. The molecule has 1 fully saturated rings. The number of alkyl halides is 3. The molecule has 8 nitrogen and oxygen atoms in total. The van der Waals surface area contributed by atoms with Crippen molar-refractivity contribution in [3.05, 3.63) is 70.5 Å². The minimum Gasteiger partial charge on any atom is -0.497 e. The molecule has 2 aromatic carbocycles. The molecule has 0 aliphatic heterocycles. The predicted molar refractivity (Wildman–Crippen MR) is 144 cm³/mol. The Morgan fingerprint density at radius 1 is 0.975 bits per heavy atom. The van der Waals surface area contributed by atoms with Gasteiger partial charge in [-0.05, 0) is 85.7 Å². The summed E-state index contributed by atoms with van der Waals surface area (Å²) < 4.78 is 74.3. The van der Waals surface area contributed by atoms with Crippen LogP contribution in [0.2, 0.25) is 0 Å². The zero-order valence-electron chi connectivity index (χ0n) is 21.7. The fraction of sp³-hybridized carbons (Fsp3) is 0.357. The van der Waals surface area contributed by atoms with Gasteiger partial charge in [0.2, 0.25) is 10.0 Å². The Kier molecular flexibility index (Phi) is 8.87. The van der Waals surface area contributed by atoms with Crippen molar-refractivity contribution in [1.82, 2.24) is 9.71 Å². The van der Waals surface area contributed by atoms with Gasteiger partial charge in [-0.25, -0.2) is 13.1 Å². The molecule has 214 valence electrons. The summed E-state index contributed by atoms with van der Waals surface area (Å²) in [4.78, 5) is 28.9. The first-order valence-electron chi connectivity index (χ1n) is 12.7. The maximum Gasteiger partial charge on any atom is 0.389 e.